The highest BCUT2D eigenvalue weighted by molar-refractivity contribution is 8.13. The molecule has 0 bridgehead atoms. The summed E-state index contributed by atoms with van der Waals surface area (Å²) in [5.41, 5.74) is 2.15. The molecule has 0 radical (unpaired) electrons. The van der Waals surface area contributed by atoms with Crippen molar-refractivity contribution in [1.82, 2.24) is 15.5 Å². The summed E-state index contributed by atoms with van der Waals surface area (Å²) >= 11 is 13.1. The first kappa shape index (κ1) is 49.0. The minimum atomic E-state index is -4.10. The fourth-order valence-electron chi connectivity index (χ4n) is 5.65. The highest BCUT2D eigenvalue weighted by Crippen LogP contribution is 2.40. The molecule has 2 heterocycles. The quantitative estimate of drug-likeness (QED) is 0.0349. The van der Waals surface area contributed by atoms with Gasteiger partial charge in [-0.1, -0.05) is 98.5 Å². The van der Waals surface area contributed by atoms with Crippen LogP contribution in [0.3, 0.4) is 0 Å². The number of nitrogens with one attached hydrogen (secondary N) is 1. The second-order valence-electron chi connectivity index (χ2n) is 13.1. The number of anilines is 1. The molecule has 0 saturated carbocycles. The minimum absolute atomic E-state index is 0.0233. The Kier molecular flexibility index (Phi) is 20.5. The van der Waals surface area contributed by atoms with Gasteiger partial charge in [-0.3, -0.25) is 24.3 Å². The van der Waals surface area contributed by atoms with Crippen LogP contribution in [0, 0.1) is 18.2 Å². The molecule has 5 rings (SSSR count). The fraction of sp³-hybridized carbons (Fsp3) is 0.400. The van der Waals surface area contributed by atoms with Gasteiger partial charge >= 0.3 is 18.9 Å². The first-order chi connectivity index (χ1) is 28.1. The van der Waals surface area contributed by atoms with E-state index in [9.17, 15) is 28.1 Å². The van der Waals surface area contributed by atoms with E-state index in [1.165, 1.54) is 49.6 Å². The molecule has 1 aliphatic carbocycles. The van der Waals surface area contributed by atoms with Crippen molar-refractivity contribution in [3.63, 3.8) is 0 Å². The molecule has 2 amide bonds. The average molecular weight is 896 g/mol. The Bertz CT molecular complexity index is 2040. The molecule has 0 saturated heterocycles. The number of aromatic nitrogens is 2. The number of ether oxygens (including phenoxy) is 2. The topological polar surface area (TPSA) is 206 Å². The third-order valence-corrected chi connectivity index (χ3v) is 10.4. The van der Waals surface area contributed by atoms with E-state index >= 15 is 0 Å². The van der Waals surface area contributed by atoms with Gasteiger partial charge in [0.05, 0.1) is 23.5 Å². The third-order valence-electron chi connectivity index (χ3n) is 8.45. The van der Waals surface area contributed by atoms with Crippen LogP contribution in [0.4, 0.5) is 14.9 Å². The number of thioether (sulfide) groups is 1. The van der Waals surface area contributed by atoms with Crippen molar-refractivity contribution >= 4 is 71.3 Å². The molecule has 2 aliphatic rings. The highest BCUT2D eigenvalue weighted by Gasteiger charge is 2.41. The normalized spacial score (nSPS) is 14.0. The lowest BCUT2D eigenvalue weighted by Gasteiger charge is -2.19. The number of hydrogen-bond donors (Lipinski definition) is 4. The van der Waals surface area contributed by atoms with Gasteiger partial charge in [-0.05, 0) is 56.9 Å². The molecule has 318 valence electrons. The number of imide groups is 1. The lowest BCUT2D eigenvalue weighted by molar-refractivity contribution is -0.136. The molecule has 59 heavy (non-hydrogen) atoms. The number of carbonyl (C=O) groups is 4. The van der Waals surface area contributed by atoms with Crippen molar-refractivity contribution in [3.8, 4) is 35.1 Å². The Labute approximate surface area is 356 Å². The number of unbranched alkanes of at least 4 members (excludes halogenated alkanes) is 5. The third kappa shape index (κ3) is 16.3. The predicted molar refractivity (Wildman–Crippen MR) is 225 cm³/mol. The van der Waals surface area contributed by atoms with Crippen LogP contribution < -0.4 is 19.7 Å². The average Bonchev–Trinajstić information content (AvgIpc) is 3.44. The second kappa shape index (κ2) is 24.7. The van der Waals surface area contributed by atoms with Crippen molar-refractivity contribution in [3.05, 3.63) is 75.7 Å². The van der Waals surface area contributed by atoms with Gasteiger partial charge in [0, 0.05) is 34.6 Å². The van der Waals surface area contributed by atoms with Crippen LogP contribution in [0.25, 0.3) is 11.3 Å². The SMILES string of the molecule is C#CC(C)Oc1cc(N2C(=O)C3=C(CCCC3)C2=O)c(F)cc1Cl.CCCCCCCCSC(=O)Oc1cc(Cl)nnc1-c1ccccc1.O=C(O)CNCP(=O)(O)O. The molecule has 4 N–H and O–H groups in total. The van der Waals surface area contributed by atoms with Crippen LogP contribution in [-0.2, 0) is 18.9 Å². The lowest BCUT2D eigenvalue weighted by Crippen LogP contribution is -2.32. The Morgan fingerprint density at radius 3 is 2.22 bits per heavy atom. The van der Waals surface area contributed by atoms with Crippen LogP contribution >= 0.6 is 42.6 Å². The van der Waals surface area contributed by atoms with Crippen molar-refractivity contribution in [1.29, 1.82) is 0 Å². The summed E-state index contributed by atoms with van der Waals surface area (Å²) in [5.74, 6) is 0.764. The van der Waals surface area contributed by atoms with Crippen LogP contribution in [-0.4, -0.2) is 72.9 Å². The van der Waals surface area contributed by atoms with E-state index in [4.69, 9.17) is 54.0 Å². The molecule has 3 aromatic rings. The summed E-state index contributed by atoms with van der Waals surface area (Å²) in [6, 6.07) is 13.3. The van der Waals surface area contributed by atoms with Gasteiger partial charge in [-0.15, -0.1) is 16.6 Å². The van der Waals surface area contributed by atoms with Gasteiger partial charge in [0.1, 0.15) is 17.3 Å². The first-order valence-electron chi connectivity index (χ1n) is 18.7. The molecular formula is C40H46Cl2FN4O10PS. The number of hydrogen-bond acceptors (Lipinski definition) is 11. The Morgan fingerprint density at radius 2 is 1.63 bits per heavy atom. The van der Waals surface area contributed by atoms with Crippen molar-refractivity contribution < 1.29 is 52.5 Å². The van der Waals surface area contributed by atoms with Gasteiger partial charge in [-0.25, -0.2) is 14.1 Å². The Hall–Kier alpha value is -4.33. The highest BCUT2D eigenvalue weighted by atomic mass is 35.5. The molecule has 14 nitrogen and oxygen atoms in total. The fourth-order valence-corrected chi connectivity index (χ4v) is 7.05. The standard InChI is InChI=1S/C19H23ClN2O2S.C18H15ClFNO3.C3H8NO5P/c1-2-3-4-5-6-10-13-25-19(23)24-16-14-17(20)21-22-18(16)15-11-8-7-9-12-15;1-3-10(2)24-16-9-15(14(20)8-13(16)19)21-17(22)11-6-4-5-7-12(11)18(21)23;5-3(6)1-4-2-10(7,8)9/h7-9,11-12,14H,2-6,10,13H2,1H3;1,8-10H,4-7H2,2H3;4H,1-2H2,(H,5,6)(H2,7,8,9). The molecule has 0 spiro atoms. The number of aliphatic carboxylic acids is 1. The van der Waals surface area contributed by atoms with E-state index in [1.54, 1.807) is 6.92 Å². The minimum Gasteiger partial charge on any atom is -0.480 e. The van der Waals surface area contributed by atoms with Gasteiger partial charge in [0.25, 0.3) is 11.8 Å². The Morgan fingerprint density at radius 1 is 1.00 bits per heavy atom. The molecule has 0 fully saturated rings. The van der Waals surface area contributed by atoms with Gasteiger partial charge in [-0.2, -0.15) is 0 Å². The van der Waals surface area contributed by atoms with E-state index in [0.29, 0.717) is 35.4 Å². The van der Waals surface area contributed by atoms with E-state index in [-0.39, 0.29) is 26.9 Å². The second-order valence-corrected chi connectivity index (χ2v) is 16.6. The molecular weight excluding hydrogens is 849 g/mol. The number of carbonyl (C=O) groups excluding carboxylic acids is 3. The van der Waals surface area contributed by atoms with Crippen molar-refractivity contribution in [2.45, 2.75) is 84.2 Å². The molecule has 19 heteroatoms. The summed E-state index contributed by atoms with van der Waals surface area (Å²) in [5, 5.41) is 17.9. The van der Waals surface area contributed by atoms with Gasteiger partial charge < -0.3 is 24.4 Å². The molecule has 1 aromatic heterocycles. The largest absolute Gasteiger partial charge is 0.480 e. The van der Waals surface area contributed by atoms with Crippen molar-refractivity contribution in [2.75, 3.05) is 23.5 Å². The summed E-state index contributed by atoms with van der Waals surface area (Å²) in [6.45, 7) is 3.40. The number of rotatable bonds is 16. The maximum Gasteiger partial charge on any atom is 0.372 e. The summed E-state index contributed by atoms with van der Waals surface area (Å²) < 4.78 is 35.3. The van der Waals surface area contributed by atoms with Crippen LogP contribution in [0.15, 0.2) is 59.7 Å². The van der Waals surface area contributed by atoms with Crippen LogP contribution in [0.5, 0.6) is 11.5 Å². The lowest BCUT2D eigenvalue weighted by atomic mass is 9.93. The van der Waals surface area contributed by atoms with Crippen LogP contribution in [0.2, 0.25) is 10.2 Å². The first-order valence-corrected chi connectivity index (χ1v) is 22.2. The van der Waals surface area contributed by atoms with Crippen molar-refractivity contribution in [2.24, 2.45) is 0 Å². The van der Waals surface area contributed by atoms with E-state index in [0.717, 1.165) is 48.0 Å². The zero-order valence-corrected chi connectivity index (χ0v) is 35.7. The zero-order valence-electron chi connectivity index (χ0n) is 32.5. The van der Waals surface area contributed by atoms with Crippen LogP contribution in [0.1, 0.15) is 78.1 Å². The molecule has 2 aromatic carbocycles. The zero-order chi connectivity index (χ0) is 43.5. The summed E-state index contributed by atoms with van der Waals surface area (Å²) in [6.07, 6.45) is 14.1. The van der Waals surface area contributed by atoms with Gasteiger partial charge in [0.15, 0.2) is 17.0 Å². The number of benzene rings is 2. The van der Waals surface area contributed by atoms with E-state index < -0.39 is 50.1 Å². The number of carboxylic acid groups (broad SMARTS) is 1. The monoisotopic (exact) mass is 894 g/mol. The molecule has 1 atom stereocenters. The number of carboxylic acids is 1. The predicted octanol–water partition coefficient (Wildman–Crippen LogP) is 8.81. The molecule has 1 unspecified atom stereocenters. The number of terminal acetylenes is 1. The maximum atomic E-state index is 14.4. The number of amides is 2. The van der Waals surface area contributed by atoms with E-state index in [2.05, 4.69) is 28.4 Å². The molecule has 1 aliphatic heterocycles. The summed E-state index contributed by atoms with van der Waals surface area (Å²) in [7, 11) is -4.10. The summed E-state index contributed by atoms with van der Waals surface area (Å²) in [4.78, 5) is 64.2. The van der Waals surface area contributed by atoms with E-state index in [1.807, 2.05) is 30.3 Å². The number of halogens is 3. The number of nitrogens with zero attached hydrogens (tertiary/aromatic N) is 3. The van der Waals surface area contributed by atoms with Gasteiger partial charge in [0.2, 0.25) is 0 Å². The Balaban J connectivity index is 0.000000258. The maximum absolute atomic E-state index is 14.4. The smallest absolute Gasteiger partial charge is 0.372 e.